The monoisotopic (exact) mass is 585 g/mol. The number of ether oxygens (including phenoxy) is 3. The van der Waals surface area contributed by atoms with Gasteiger partial charge in [-0.05, 0) is 55.8 Å². The van der Waals surface area contributed by atoms with Gasteiger partial charge in [0.1, 0.15) is 47.5 Å². The minimum absolute atomic E-state index is 0.00977. The Bertz CT molecular complexity index is 1560. The van der Waals surface area contributed by atoms with Crippen LogP contribution in [0.15, 0.2) is 12.1 Å². The summed E-state index contributed by atoms with van der Waals surface area (Å²) in [5.74, 6) is 0.120. The third-order valence-corrected chi connectivity index (χ3v) is 9.52. The second kappa shape index (κ2) is 9.50. The fraction of sp³-hybridized carbons (Fsp3) is 0.552. The van der Waals surface area contributed by atoms with Gasteiger partial charge in [0.05, 0.1) is 24.8 Å². The molecule has 4 aliphatic heterocycles. The van der Waals surface area contributed by atoms with Crippen molar-refractivity contribution >= 4 is 28.3 Å². The molecule has 6 heterocycles. The Morgan fingerprint density at radius 1 is 1.17 bits per heavy atom. The van der Waals surface area contributed by atoms with Crippen LogP contribution in [0.3, 0.4) is 0 Å². The molecule has 3 saturated heterocycles. The maximum absolute atomic E-state index is 16.7. The number of phenolic OH excluding ortho intramolecular Hbond substituents is 1. The Balaban J connectivity index is 1.29. The Hall–Kier alpha value is -3.02. The van der Waals surface area contributed by atoms with Crippen LogP contribution in [0.1, 0.15) is 43.6 Å². The van der Waals surface area contributed by atoms with Gasteiger partial charge in [-0.15, -0.1) is 0 Å². The van der Waals surface area contributed by atoms with Crippen molar-refractivity contribution in [2.24, 2.45) is 0 Å². The first kappa shape index (κ1) is 25.7. The first-order valence-corrected chi connectivity index (χ1v) is 14.7. The summed E-state index contributed by atoms with van der Waals surface area (Å²) < 4.78 is 49.1. The Morgan fingerprint density at radius 2 is 2.05 bits per heavy atom. The first-order valence-electron chi connectivity index (χ1n) is 14.3. The summed E-state index contributed by atoms with van der Waals surface area (Å²) in [6.07, 6.45) is 3.18. The average Bonchev–Trinajstić information content (AvgIpc) is 3.67. The van der Waals surface area contributed by atoms with Crippen molar-refractivity contribution in [2.45, 2.75) is 55.8 Å². The highest BCUT2D eigenvalue weighted by molar-refractivity contribution is 6.32. The molecule has 1 aromatic carbocycles. The molecule has 2 aromatic heterocycles. The SMILES string of the molecule is Oc1cc(Cl)c(C2CC2)c(-c2nc3c4c(nc(OC[C@@]56CCCN5CC(F)C6)nc4c2F)N2CCOC[C@H]2CO3)c1. The lowest BCUT2D eigenvalue weighted by atomic mass is 9.95. The van der Waals surface area contributed by atoms with Gasteiger partial charge < -0.3 is 24.2 Å². The van der Waals surface area contributed by atoms with Gasteiger partial charge >= 0.3 is 6.01 Å². The van der Waals surface area contributed by atoms with Gasteiger partial charge in [0.15, 0.2) is 5.82 Å². The summed E-state index contributed by atoms with van der Waals surface area (Å²) in [4.78, 5) is 18.2. The van der Waals surface area contributed by atoms with Crippen molar-refractivity contribution < 1.29 is 28.1 Å². The van der Waals surface area contributed by atoms with Crippen molar-refractivity contribution in [1.29, 1.82) is 0 Å². The maximum atomic E-state index is 16.7. The summed E-state index contributed by atoms with van der Waals surface area (Å²) >= 11 is 6.55. The number of halogens is 3. The van der Waals surface area contributed by atoms with Gasteiger partial charge in [-0.2, -0.15) is 9.97 Å². The molecule has 3 atom stereocenters. The summed E-state index contributed by atoms with van der Waals surface area (Å²) in [5.41, 5.74) is 0.811. The summed E-state index contributed by atoms with van der Waals surface area (Å²) in [5, 5.41) is 11.1. The average molecular weight is 586 g/mol. The second-order valence-electron chi connectivity index (χ2n) is 11.9. The number of rotatable bonds is 5. The van der Waals surface area contributed by atoms with Gasteiger partial charge in [-0.3, -0.25) is 4.90 Å². The third kappa shape index (κ3) is 4.19. The van der Waals surface area contributed by atoms with Crippen molar-refractivity contribution in [1.82, 2.24) is 19.9 Å². The molecule has 216 valence electrons. The van der Waals surface area contributed by atoms with E-state index in [0.717, 1.165) is 37.8 Å². The fourth-order valence-corrected chi connectivity index (χ4v) is 7.51. The number of morpholine rings is 1. The van der Waals surface area contributed by atoms with Crippen LogP contribution in [0.2, 0.25) is 5.02 Å². The van der Waals surface area contributed by atoms with E-state index in [-0.39, 0.29) is 54.0 Å². The Kier molecular flexibility index (Phi) is 5.95. The highest BCUT2D eigenvalue weighted by Crippen LogP contribution is 2.50. The van der Waals surface area contributed by atoms with E-state index in [2.05, 4.69) is 14.9 Å². The lowest BCUT2D eigenvalue weighted by Crippen LogP contribution is -2.48. The molecule has 5 aliphatic rings. The fourth-order valence-electron chi connectivity index (χ4n) is 7.14. The predicted molar refractivity (Wildman–Crippen MR) is 147 cm³/mol. The molecule has 0 bridgehead atoms. The molecule has 1 N–H and O–H groups in total. The molecule has 41 heavy (non-hydrogen) atoms. The zero-order valence-electron chi connectivity index (χ0n) is 22.4. The topological polar surface area (TPSA) is 93.1 Å². The zero-order valence-corrected chi connectivity index (χ0v) is 23.2. The lowest BCUT2D eigenvalue weighted by Gasteiger charge is -2.35. The van der Waals surface area contributed by atoms with Crippen molar-refractivity contribution in [3.63, 3.8) is 0 Å². The number of hydrogen-bond donors (Lipinski definition) is 1. The number of alkyl halides is 1. The van der Waals surface area contributed by atoms with E-state index in [1.54, 1.807) is 0 Å². The standard InChI is InChI=1S/C29H30ClF2N5O4/c30-20-9-18(38)8-19(21(20)15-2-3-15)24-23(32)25-22-26(37-6-7-39-12-17(37)13-40-27(22)33-24)35-28(34-25)41-14-29-4-1-5-36(29)11-16(31)10-29/h8-9,15-17,38H,1-7,10-14H2/t16?,17-,29-/m0/s1. The van der Waals surface area contributed by atoms with E-state index in [4.69, 9.17) is 30.8 Å². The van der Waals surface area contributed by atoms with Crippen molar-refractivity contribution in [3.8, 4) is 28.9 Å². The zero-order chi connectivity index (χ0) is 27.9. The highest BCUT2D eigenvalue weighted by Gasteiger charge is 2.49. The Labute approximate surface area is 240 Å². The number of phenols is 1. The molecule has 0 amide bonds. The van der Waals surface area contributed by atoms with Gasteiger partial charge in [0, 0.05) is 30.1 Å². The largest absolute Gasteiger partial charge is 0.508 e. The van der Waals surface area contributed by atoms with Crippen LogP contribution >= 0.6 is 11.6 Å². The molecule has 1 unspecified atom stereocenters. The van der Waals surface area contributed by atoms with Crippen LogP contribution in [-0.2, 0) is 4.74 Å². The molecule has 9 nitrogen and oxygen atoms in total. The van der Waals surface area contributed by atoms with E-state index in [1.165, 1.54) is 12.1 Å². The quantitative estimate of drug-likeness (QED) is 0.460. The summed E-state index contributed by atoms with van der Waals surface area (Å²) in [6.45, 7) is 3.19. The molecule has 0 radical (unpaired) electrons. The van der Waals surface area contributed by atoms with Crippen molar-refractivity contribution in [3.05, 3.63) is 28.5 Å². The first-order chi connectivity index (χ1) is 19.9. The second-order valence-corrected chi connectivity index (χ2v) is 12.3. The maximum Gasteiger partial charge on any atom is 0.319 e. The van der Waals surface area contributed by atoms with E-state index < -0.39 is 17.5 Å². The van der Waals surface area contributed by atoms with Gasteiger partial charge in [-0.1, -0.05) is 11.6 Å². The number of aromatic hydroxyl groups is 1. The normalized spacial score (nSPS) is 27.4. The molecule has 4 fully saturated rings. The van der Waals surface area contributed by atoms with Gasteiger partial charge in [0.25, 0.3) is 0 Å². The molecule has 0 spiro atoms. The number of anilines is 1. The third-order valence-electron chi connectivity index (χ3n) is 9.21. The van der Waals surface area contributed by atoms with E-state index >= 15 is 4.39 Å². The molecule has 3 aromatic rings. The van der Waals surface area contributed by atoms with Crippen LogP contribution in [0.4, 0.5) is 14.6 Å². The minimum Gasteiger partial charge on any atom is -0.508 e. The van der Waals surface area contributed by atoms with E-state index in [1.807, 2.05) is 4.90 Å². The van der Waals surface area contributed by atoms with Crippen LogP contribution in [-0.4, -0.2) is 88.8 Å². The predicted octanol–water partition coefficient (Wildman–Crippen LogP) is 4.62. The number of fused-ring (bicyclic) bond motifs is 3. The van der Waals surface area contributed by atoms with Crippen LogP contribution in [0.5, 0.6) is 17.6 Å². The van der Waals surface area contributed by atoms with Crippen LogP contribution < -0.4 is 14.4 Å². The molecule has 1 saturated carbocycles. The number of benzene rings is 1. The molecule has 12 heteroatoms. The molecule has 1 aliphatic carbocycles. The van der Waals surface area contributed by atoms with E-state index in [0.29, 0.717) is 54.5 Å². The van der Waals surface area contributed by atoms with Gasteiger partial charge in [-0.25, -0.2) is 13.8 Å². The number of nitrogens with zero attached hydrogens (tertiary/aromatic N) is 5. The summed E-state index contributed by atoms with van der Waals surface area (Å²) in [7, 11) is 0. The number of aromatic nitrogens is 3. The molecule has 8 rings (SSSR count). The Morgan fingerprint density at radius 3 is 2.90 bits per heavy atom. The molecular weight excluding hydrogens is 556 g/mol. The highest BCUT2D eigenvalue weighted by atomic mass is 35.5. The lowest BCUT2D eigenvalue weighted by molar-refractivity contribution is 0.0774. The van der Waals surface area contributed by atoms with Crippen LogP contribution in [0.25, 0.3) is 22.2 Å². The number of hydrogen-bond acceptors (Lipinski definition) is 9. The smallest absolute Gasteiger partial charge is 0.319 e. The van der Waals surface area contributed by atoms with Gasteiger partial charge in [0.2, 0.25) is 5.88 Å². The number of pyridine rings is 1. The minimum atomic E-state index is -0.893. The van der Waals surface area contributed by atoms with Crippen molar-refractivity contribution in [2.75, 3.05) is 51.0 Å². The van der Waals surface area contributed by atoms with Crippen LogP contribution in [0, 0.1) is 5.82 Å². The molecular formula is C29H30ClF2N5O4. The van der Waals surface area contributed by atoms with E-state index in [9.17, 15) is 9.50 Å². The summed E-state index contributed by atoms with van der Waals surface area (Å²) in [6, 6.07) is 2.85.